The van der Waals surface area contributed by atoms with Crippen molar-refractivity contribution in [1.82, 2.24) is 0 Å². The van der Waals surface area contributed by atoms with E-state index in [-0.39, 0.29) is 12.1 Å². The van der Waals surface area contributed by atoms with Gasteiger partial charge in [0, 0.05) is 6.61 Å². The van der Waals surface area contributed by atoms with Gasteiger partial charge >= 0.3 is 5.97 Å². The summed E-state index contributed by atoms with van der Waals surface area (Å²) < 4.78 is 10.4. The molecular weight excluding hydrogens is 180 g/mol. The van der Waals surface area contributed by atoms with Crippen LogP contribution in [0.15, 0.2) is 0 Å². The maximum atomic E-state index is 11.4. The van der Waals surface area contributed by atoms with Crippen LogP contribution in [0.4, 0.5) is 0 Å². The van der Waals surface area contributed by atoms with Gasteiger partial charge in [-0.25, -0.2) is 4.79 Å². The molecule has 0 aliphatic carbocycles. The highest BCUT2D eigenvalue weighted by molar-refractivity contribution is 5.74. The lowest BCUT2D eigenvalue weighted by Gasteiger charge is -2.15. The molecular formula is C11H22O3. The van der Waals surface area contributed by atoms with E-state index in [0.29, 0.717) is 6.61 Å². The summed E-state index contributed by atoms with van der Waals surface area (Å²) in [6.45, 7) is 8.33. The van der Waals surface area contributed by atoms with E-state index in [1.807, 2.05) is 13.8 Å². The first kappa shape index (κ1) is 13.4. The van der Waals surface area contributed by atoms with E-state index in [0.717, 1.165) is 19.3 Å². The minimum Gasteiger partial charge on any atom is -0.461 e. The summed E-state index contributed by atoms with van der Waals surface area (Å²) in [6.07, 6.45) is 2.46. The second kappa shape index (κ2) is 7.80. The molecule has 3 heteroatoms. The Morgan fingerprint density at radius 3 is 2.43 bits per heavy atom. The second-order valence-electron chi connectivity index (χ2n) is 3.52. The standard InChI is InChI=1S/C11H22O3/c1-5-7-8-13-10(4)11(12)14-9(3)6-2/h9-10H,5-8H2,1-4H3. The molecule has 3 nitrogen and oxygen atoms in total. The summed E-state index contributed by atoms with van der Waals surface area (Å²) in [5.41, 5.74) is 0. The zero-order valence-corrected chi connectivity index (χ0v) is 9.71. The fourth-order valence-corrected chi connectivity index (χ4v) is 0.850. The highest BCUT2D eigenvalue weighted by Crippen LogP contribution is 2.02. The van der Waals surface area contributed by atoms with Crippen molar-refractivity contribution in [2.24, 2.45) is 0 Å². The van der Waals surface area contributed by atoms with E-state index in [9.17, 15) is 4.79 Å². The molecule has 0 heterocycles. The third-order valence-electron chi connectivity index (χ3n) is 2.09. The summed E-state index contributed by atoms with van der Waals surface area (Å²) in [7, 11) is 0. The lowest BCUT2D eigenvalue weighted by Crippen LogP contribution is -2.27. The molecule has 14 heavy (non-hydrogen) atoms. The van der Waals surface area contributed by atoms with E-state index >= 15 is 0 Å². The molecule has 0 amide bonds. The van der Waals surface area contributed by atoms with Crippen molar-refractivity contribution in [3.63, 3.8) is 0 Å². The Balaban J connectivity index is 3.64. The van der Waals surface area contributed by atoms with E-state index in [1.165, 1.54) is 0 Å². The first-order valence-electron chi connectivity index (χ1n) is 5.43. The number of ether oxygens (including phenoxy) is 2. The molecule has 0 aliphatic heterocycles. The van der Waals surface area contributed by atoms with Crippen molar-refractivity contribution >= 4 is 5.97 Å². The van der Waals surface area contributed by atoms with Gasteiger partial charge in [-0.05, 0) is 26.7 Å². The molecule has 0 aromatic rings. The number of carbonyl (C=O) groups excluding carboxylic acids is 1. The average Bonchev–Trinajstić information content (AvgIpc) is 2.17. The van der Waals surface area contributed by atoms with Gasteiger partial charge in [0.05, 0.1) is 6.10 Å². The molecule has 0 aromatic carbocycles. The largest absolute Gasteiger partial charge is 0.461 e. The molecule has 0 spiro atoms. The molecule has 0 fully saturated rings. The van der Waals surface area contributed by atoms with Crippen LogP contribution in [0.3, 0.4) is 0 Å². The minimum absolute atomic E-state index is 0.0141. The number of carbonyl (C=O) groups is 1. The zero-order chi connectivity index (χ0) is 11.0. The number of hydrogen-bond donors (Lipinski definition) is 0. The van der Waals surface area contributed by atoms with Gasteiger partial charge in [-0.1, -0.05) is 20.3 Å². The molecule has 0 N–H and O–H groups in total. The van der Waals surface area contributed by atoms with Gasteiger partial charge in [0.1, 0.15) is 0 Å². The molecule has 0 saturated heterocycles. The monoisotopic (exact) mass is 202 g/mol. The van der Waals surface area contributed by atoms with Crippen LogP contribution >= 0.6 is 0 Å². The van der Waals surface area contributed by atoms with Crippen LogP contribution in [-0.4, -0.2) is 24.8 Å². The molecule has 84 valence electrons. The highest BCUT2D eigenvalue weighted by atomic mass is 16.6. The van der Waals surface area contributed by atoms with Gasteiger partial charge in [0.15, 0.2) is 6.10 Å². The first-order chi connectivity index (χ1) is 6.61. The van der Waals surface area contributed by atoms with Crippen molar-refractivity contribution in [2.75, 3.05) is 6.61 Å². The third-order valence-corrected chi connectivity index (χ3v) is 2.09. The second-order valence-corrected chi connectivity index (χ2v) is 3.52. The predicted molar refractivity (Wildman–Crippen MR) is 56.2 cm³/mol. The van der Waals surface area contributed by atoms with Gasteiger partial charge < -0.3 is 9.47 Å². The number of esters is 1. The van der Waals surface area contributed by atoms with Gasteiger partial charge in [-0.2, -0.15) is 0 Å². The van der Waals surface area contributed by atoms with Crippen LogP contribution in [0, 0.1) is 0 Å². The normalized spacial score (nSPS) is 14.9. The lowest BCUT2D eigenvalue weighted by atomic mass is 10.3. The summed E-state index contributed by atoms with van der Waals surface area (Å²) >= 11 is 0. The van der Waals surface area contributed by atoms with Gasteiger partial charge in [-0.15, -0.1) is 0 Å². The Morgan fingerprint density at radius 2 is 1.93 bits per heavy atom. The molecule has 0 rings (SSSR count). The summed E-state index contributed by atoms with van der Waals surface area (Å²) in [5.74, 6) is -0.254. The Morgan fingerprint density at radius 1 is 1.29 bits per heavy atom. The van der Waals surface area contributed by atoms with Gasteiger partial charge in [-0.3, -0.25) is 0 Å². The van der Waals surface area contributed by atoms with Gasteiger partial charge in [0.2, 0.25) is 0 Å². The minimum atomic E-state index is -0.435. The molecule has 2 atom stereocenters. The quantitative estimate of drug-likeness (QED) is 0.470. The molecule has 2 unspecified atom stereocenters. The number of unbranched alkanes of at least 4 members (excludes halogenated alkanes) is 1. The van der Waals surface area contributed by atoms with E-state index in [2.05, 4.69) is 6.92 Å². The fourth-order valence-electron chi connectivity index (χ4n) is 0.850. The highest BCUT2D eigenvalue weighted by Gasteiger charge is 2.16. The van der Waals surface area contributed by atoms with Crippen LogP contribution in [0.2, 0.25) is 0 Å². The predicted octanol–water partition coefficient (Wildman–Crippen LogP) is 2.53. The van der Waals surface area contributed by atoms with Crippen molar-refractivity contribution in [3.8, 4) is 0 Å². The summed E-state index contributed by atoms with van der Waals surface area (Å²) in [5, 5.41) is 0. The van der Waals surface area contributed by atoms with Crippen molar-refractivity contribution in [2.45, 2.75) is 59.2 Å². The molecule has 0 bridgehead atoms. The van der Waals surface area contributed by atoms with Crippen LogP contribution in [0.5, 0.6) is 0 Å². The Hall–Kier alpha value is -0.570. The van der Waals surface area contributed by atoms with Gasteiger partial charge in [0.25, 0.3) is 0 Å². The van der Waals surface area contributed by atoms with Crippen LogP contribution < -0.4 is 0 Å². The van der Waals surface area contributed by atoms with Crippen LogP contribution in [0.25, 0.3) is 0 Å². The maximum absolute atomic E-state index is 11.4. The Bertz CT molecular complexity index is 157. The molecule has 0 aliphatic rings. The Kier molecular flexibility index (Phi) is 7.48. The van der Waals surface area contributed by atoms with Crippen molar-refractivity contribution in [1.29, 1.82) is 0 Å². The van der Waals surface area contributed by atoms with E-state index < -0.39 is 6.10 Å². The van der Waals surface area contributed by atoms with Crippen LogP contribution in [-0.2, 0) is 14.3 Å². The van der Waals surface area contributed by atoms with Crippen LogP contribution in [0.1, 0.15) is 47.0 Å². The SMILES string of the molecule is CCCCOC(C)C(=O)OC(C)CC. The van der Waals surface area contributed by atoms with Crippen molar-refractivity contribution in [3.05, 3.63) is 0 Å². The topological polar surface area (TPSA) is 35.5 Å². The Labute approximate surface area is 86.8 Å². The molecule has 0 radical (unpaired) electrons. The lowest BCUT2D eigenvalue weighted by molar-refractivity contribution is -0.160. The summed E-state index contributed by atoms with van der Waals surface area (Å²) in [4.78, 5) is 11.4. The van der Waals surface area contributed by atoms with E-state index in [4.69, 9.17) is 9.47 Å². The maximum Gasteiger partial charge on any atom is 0.335 e. The smallest absolute Gasteiger partial charge is 0.335 e. The molecule has 0 aromatic heterocycles. The number of hydrogen-bond acceptors (Lipinski definition) is 3. The zero-order valence-electron chi connectivity index (χ0n) is 9.71. The average molecular weight is 202 g/mol. The number of rotatable bonds is 7. The third kappa shape index (κ3) is 5.97. The fraction of sp³-hybridized carbons (Fsp3) is 0.909. The first-order valence-corrected chi connectivity index (χ1v) is 5.43. The summed E-state index contributed by atoms with van der Waals surface area (Å²) in [6, 6.07) is 0. The van der Waals surface area contributed by atoms with E-state index in [1.54, 1.807) is 6.92 Å². The van der Waals surface area contributed by atoms with Crippen molar-refractivity contribution < 1.29 is 14.3 Å². The molecule has 0 saturated carbocycles.